The minimum Gasteiger partial charge on any atom is -0.480 e. The van der Waals surface area contributed by atoms with Gasteiger partial charge in [-0.15, -0.1) is 0 Å². The molecule has 3 atom stereocenters. The number of ether oxygens (including phenoxy) is 1. The van der Waals surface area contributed by atoms with Crippen LogP contribution in [0.1, 0.15) is 17.2 Å². The number of carbonyl (C=O) groups excluding carboxylic acids is 1. The Bertz CT molecular complexity index is 1430. The lowest BCUT2D eigenvalue weighted by molar-refractivity contribution is -0.118. The number of aliphatic hydroxyl groups is 1. The zero-order valence-corrected chi connectivity index (χ0v) is 20.1. The van der Waals surface area contributed by atoms with Crippen LogP contribution >= 0.6 is 11.6 Å². The molecule has 0 radical (unpaired) electrons. The van der Waals surface area contributed by atoms with E-state index in [9.17, 15) is 19.1 Å². The molecule has 1 aromatic carbocycles. The van der Waals surface area contributed by atoms with Crippen molar-refractivity contribution in [2.45, 2.75) is 25.1 Å². The fourth-order valence-electron chi connectivity index (χ4n) is 5.55. The number of pyridine rings is 2. The van der Waals surface area contributed by atoms with E-state index in [1.54, 1.807) is 22.8 Å². The van der Waals surface area contributed by atoms with Crippen molar-refractivity contribution in [2.75, 3.05) is 38.1 Å². The normalized spacial score (nSPS) is 23.1. The van der Waals surface area contributed by atoms with Crippen molar-refractivity contribution >= 4 is 34.2 Å². The molecule has 5 heterocycles. The second-order valence-electron chi connectivity index (χ2n) is 9.66. The Kier molecular flexibility index (Phi) is 5.91. The number of aliphatic hydroxyl groups excluding tert-OH is 1. The highest BCUT2D eigenvalue weighted by Gasteiger charge is 2.35. The van der Waals surface area contributed by atoms with Gasteiger partial charge in [0, 0.05) is 68.8 Å². The molecular formula is C25H25ClFN5O4. The van der Waals surface area contributed by atoms with Crippen LogP contribution in [0.25, 0.3) is 10.9 Å². The average Bonchev–Trinajstić information content (AvgIpc) is 3.40. The number of hydrogen-bond acceptors (Lipinski definition) is 7. The van der Waals surface area contributed by atoms with Gasteiger partial charge in [0.05, 0.1) is 22.3 Å². The summed E-state index contributed by atoms with van der Waals surface area (Å²) in [7, 11) is 0. The second kappa shape index (κ2) is 9.11. The van der Waals surface area contributed by atoms with Gasteiger partial charge in [0.25, 0.3) is 11.5 Å². The highest BCUT2D eigenvalue weighted by Crippen LogP contribution is 2.36. The first-order valence-corrected chi connectivity index (χ1v) is 12.3. The van der Waals surface area contributed by atoms with E-state index in [4.69, 9.17) is 16.3 Å². The van der Waals surface area contributed by atoms with Crippen LogP contribution in [0, 0.1) is 11.7 Å². The van der Waals surface area contributed by atoms with Crippen LogP contribution < -0.4 is 20.9 Å². The van der Waals surface area contributed by atoms with Gasteiger partial charge in [0.15, 0.2) is 18.2 Å². The van der Waals surface area contributed by atoms with Crippen molar-refractivity contribution in [2.24, 2.45) is 5.92 Å². The average molecular weight is 514 g/mol. The van der Waals surface area contributed by atoms with Gasteiger partial charge in [-0.2, -0.15) is 0 Å². The van der Waals surface area contributed by atoms with E-state index in [0.717, 1.165) is 5.39 Å². The van der Waals surface area contributed by atoms with Gasteiger partial charge >= 0.3 is 0 Å². The number of hydrogen-bond donors (Lipinski definition) is 3. The third-order valence-corrected chi connectivity index (χ3v) is 7.56. The molecule has 0 aliphatic carbocycles. The highest BCUT2D eigenvalue weighted by molar-refractivity contribution is 6.31. The predicted octanol–water partition coefficient (Wildman–Crippen LogP) is 1.70. The molecule has 0 saturated carbocycles. The molecule has 9 nitrogen and oxygen atoms in total. The Labute approximate surface area is 210 Å². The minimum absolute atomic E-state index is 0.0309. The van der Waals surface area contributed by atoms with E-state index >= 15 is 0 Å². The number of carbonyl (C=O) groups is 1. The largest absolute Gasteiger partial charge is 0.480 e. The van der Waals surface area contributed by atoms with Gasteiger partial charge in [-0.1, -0.05) is 11.6 Å². The molecule has 36 heavy (non-hydrogen) atoms. The summed E-state index contributed by atoms with van der Waals surface area (Å²) in [6.07, 6.45) is -0.538. The number of fused-ring (bicyclic) bond motifs is 1. The predicted molar refractivity (Wildman–Crippen MR) is 132 cm³/mol. The first-order valence-electron chi connectivity index (χ1n) is 11.9. The summed E-state index contributed by atoms with van der Waals surface area (Å²) in [6, 6.07) is 8.08. The summed E-state index contributed by atoms with van der Waals surface area (Å²) in [5.41, 5.74) is 1.72. The van der Waals surface area contributed by atoms with Crippen molar-refractivity contribution < 1.29 is 19.0 Å². The van der Waals surface area contributed by atoms with Crippen LogP contribution in [-0.2, 0) is 17.9 Å². The molecule has 3 aliphatic heterocycles. The highest BCUT2D eigenvalue weighted by atomic mass is 35.5. The third-order valence-electron chi connectivity index (χ3n) is 7.24. The number of likely N-dealkylation sites (tertiary alicyclic amines) is 1. The van der Waals surface area contributed by atoms with Crippen molar-refractivity contribution in [3.63, 3.8) is 0 Å². The van der Waals surface area contributed by atoms with Crippen molar-refractivity contribution in [1.82, 2.24) is 19.8 Å². The zero-order valence-electron chi connectivity index (χ0n) is 19.3. The van der Waals surface area contributed by atoms with Crippen molar-refractivity contribution in [1.29, 1.82) is 0 Å². The molecule has 1 fully saturated rings. The maximum absolute atomic E-state index is 14.8. The fourth-order valence-corrected chi connectivity index (χ4v) is 5.76. The Morgan fingerprint density at radius 1 is 1.22 bits per heavy atom. The number of nitrogens with one attached hydrogen (secondary N) is 2. The van der Waals surface area contributed by atoms with Gasteiger partial charge in [-0.05, 0) is 23.6 Å². The molecule has 11 heteroatoms. The van der Waals surface area contributed by atoms with Crippen LogP contribution in [-0.4, -0.2) is 64.4 Å². The first-order chi connectivity index (χ1) is 17.4. The fraction of sp³-hybridized carbons (Fsp3) is 0.400. The number of β-amino-alcohol motifs (C(OH)–C–C–N with tert-alkyl or cyclic N) is 1. The zero-order chi connectivity index (χ0) is 25.0. The van der Waals surface area contributed by atoms with Crippen molar-refractivity contribution in [3.8, 4) is 5.75 Å². The molecule has 3 aliphatic rings. The molecular weight excluding hydrogens is 489 g/mol. The number of nitrogens with zero attached hydrogens (tertiary/aromatic N) is 3. The number of amides is 1. The summed E-state index contributed by atoms with van der Waals surface area (Å²) < 4.78 is 21.8. The Morgan fingerprint density at radius 3 is 2.92 bits per heavy atom. The monoisotopic (exact) mass is 513 g/mol. The van der Waals surface area contributed by atoms with Gasteiger partial charge < -0.3 is 25.0 Å². The second-order valence-corrected chi connectivity index (χ2v) is 10.1. The maximum Gasteiger partial charge on any atom is 0.263 e. The number of benzene rings is 1. The Morgan fingerprint density at radius 2 is 2.06 bits per heavy atom. The van der Waals surface area contributed by atoms with Gasteiger partial charge in [-0.25, -0.2) is 9.37 Å². The molecule has 3 aromatic rings. The molecule has 0 spiro atoms. The molecule has 0 bridgehead atoms. The number of halogens is 2. The lowest BCUT2D eigenvalue weighted by Crippen LogP contribution is -2.31. The van der Waals surface area contributed by atoms with Crippen LogP contribution in [0.15, 0.2) is 35.1 Å². The Balaban J connectivity index is 1.09. The lowest BCUT2D eigenvalue weighted by Gasteiger charge is -2.21. The summed E-state index contributed by atoms with van der Waals surface area (Å²) in [4.78, 5) is 30.5. The minimum atomic E-state index is -0.538. The summed E-state index contributed by atoms with van der Waals surface area (Å²) >= 11 is 6.33. The van der Waals surface area contributed by atoms with E-state index in [-0.39, 0.29) is 35.7 Å². The van der Waals surface area contributed by atoms with Crippen LogP contribution in [0.4, 0.5) is 10.2 Å². The smallest absolute Gasteiger partial charge is 0.263 e. The number of anilines is 1. The molecule has 1 saturated heterocycles. The number of aromatic nitrogens is 2. The van der Waals surface area contributed by atoms with Gasteiger partial charge in [-0.3, -0.25) is 14.5 Å². The quantitative estimate of drug-likeness (QED) is 0.460. The summed E-state index contributed by atoms with van der Waals surface area (Å²) in [5, 5.41) is 17.9. The standard InChI is InChI=1S/C25H25ClFN5O4/c26-16-5-20-25(30-21(34)12-36-20)29-18(16)7-28-6-14-8-31(11-19(14)33)9-15-10-32-22(35)4-2-13-1-3-17(27)23(15)24(13)32/h1-5,14-15,19,28,33H,6-12H2,(H,29,30,34)/t14-,15?,19-/m0/s1. The number of rotatable bonds is 6. The summed E-state index contributed by atoms with van der Waals surface area (Å²) in [6.45, 7) is 2.94. The van der Waals surface area contributed by atoms with Gasteiger partial charge in [0.1, 0.15) is 5.82 Å². The van der Waals surface area contributed by atoms with E-state index in [2.05, 4.69) is 20.5 Å². The Hall–Kier alpha value is -3.05. The van der Waals surface area contributed by atoms with Gasteiger partial charge in [0.2, 0.25) is 0 Å². The molecule has 2 aromatic heterocycles. The molecule has 3 N–H and O–H groups in total. The SMILES string of the molecule is O=C1COc2cc(Cl)c(CNC[C@H]3CN(CC4Cn5c(=O)ccc6ccc(F)c4c65)C[C@@H]3O)nc2N1. The summed E-state index contributed by atoms with van der Waals surface area (Å²) in [5.74, 6) is 0.0393. The van der Waals surface area contributed by atoms with Crippen LogP contribution in [0.3, 0.4) is 0 Å². The van der Waals surface area contributed by atoms with E-state index in [1.807, 2.05) is 0 Å². The third kappa shape index (κ3) is 4.13. The van der Waals surface area contributed by atoms with Crippen LogP contribution in [0.2, 0.25) is 5.02 Å². The topological polar surface area (TPSA) is 109 Å². The molecule has 188 valence electrons. The first kappa shape index (κ1) is 23.4. The van der Waals surface area contributed by atoms with E-state index in [0.29, 0.717) is 72.6 Å². The lowest BCUT2D eigenvalue weighted by atomic mass is 9.98. The molecule has 1 amide bonds. The van der Waals surface area contributed by atoms with Crippen LogP contribution in [0.5, 0.6) is 5.75 Å². The van der Waals surface area contributed by atoms with E-state index in [1.165, 1.54) is 12.1 Å². The molecule has 6 rings (SSSR count). The van der Waals surface area contributed by atoms with Crippen molar-refractivity contribution in [3.05, 3.63) is 62.8 Å². The maximum atomic E-state index is 14.8. The molecule has 1 unspecified atom stereocenters. The van der Waals surface area contributed by atoms with E-state index < -0.39 is 6.10 Å².